The van der Waals surface area contributed by atoms with E-state index in [1.165, 1.54) is 12.7 Å². The molecule has 0 heterocycles. The number of hydrogen-bond acceptors (Lipinski definition) is 2. The minimum Gasteiger partial charge on any atom is -0.468 e. The molecule has 0 aliphatic rings. The van der Waals surface area contributed by atoms with Crippen LogP contribution in [0.3, 0.4) is 0 Å². The quantitative estimate of drug-likeness (QED) is 0.459. The van der Waals surface area contributed by atoms with Crippen LogP contribution in [0.5, 0.6) is 0 Å². The molecule has 0 aliphatic heterocycles. The average Bonchev–Trinajstić information content (AvgIpc) is 2.30. The second-order valence-electron chi connectivity index (χ2n) is 3.51. The van der Waals surface area contributed by atoms with Crippen LogP contribution in [-0.2, 0) is 16.0 Å². The van der Waals surface area contributed by atoms with Crippen molar-refractivity contribution in [3.05, 3.63) is 34.9 Å². The maximum absolute atomic E-state index is 11.2. The lowest BCUT2D eigenvalue weighted by atomic mass is 10.1. The summed E-state index contributed by atoms with van der Waals surface area (Å²) in [5.41, 5.74) is 1.25. The molecule has 1 aromatic carbocycles. The third-order valence-corrected chi connectivity index (χ3v) is 3.68. The second-order valence-corrected chi connectivity index (χ2v) is 5.45. The monoisotopic (exact) mass is 352 g/mol. The van der Waals surface area contributed by atoms with Crippen LogP contribution in [0.25, 0.3) is 0 Å². The van der Waals surface area contributed by atoms with E-state index < -0.39 is 0 Å². The number of benzene rings is 1. The van der Waals surface area contributed by atoms with Crippen LogP contribution in [0.4, 0.5) is 0 Å². The lowest BCUT2D eigenvalue weighted by Gasteiger charge is -2.07. The topological polar surface area (TPSA) is 26.3 Å². The summed E-state index contributed by atoms with van der Waals surface area (Å²) in [6, 6.07) is 7.81. The highest BCUT2D eigenvalue weighted by Crippen LogP contribution is 2.15. The maximum Gasteiger partial charge on any atom is 0.318 e. The fourth-order valence-electron chi connectivity index (χ4n) is 1.38. The van der Waals surface area contributed by atoms with E-state index in [2.05, 4.69) is 27.3 Å². The third kappa shape index (κ3) is 4.70. The maximum atomic E-state index is 11.2. The number of methoxy groups -OCH3 is 1. The Balaban J connectivity index is 2.30. The van der Waals surface area contributed by atoms with Gasteiger partial charge in [-0.1, -0.05) is 46.3 Å². The highest BCUT2D eigenvalue weighted by Gasteiger charge is 2.13. The second kappa shape index (κ2) is 7.12. The van der Waals surface area contributed by atoms with Gasteiger partial charge in [0.1, 0.15) is 3.92 Å². The molecular weight excluding hydrogens is 338 g/mol. The van der Waals surface area contributed by atoms with Crippen molar-refractivity contribution >= 4 is 40.2 Å². The van der Waals surface area contributed by atoms with Crippen molar-refractivity contribution in [1.29, 1.82) is 0 Å². The molecule has 1 aromatic rings. The first-order valence-electron chi connectivity index (χ1n) is 5.10. The van der Waals surface area contributed by atoms with E-state index in [9.17, 15) is 4.79 Å². The third-order valence-electron chi connectivity index (χ3n) is 2.29. The lowest BCUT2D eigenvalue weighted by Crippen LogP contribution is -2.15. The van der Waals surface area contributed by atoms with Crippen LogP contribution >= 0.6 is 34.2 Å². The predicted octanol–water partition coefficient (Wildman–Crippen LogP) is 3.64. The van der Waals surface area contributed by atoms with E-state index in [4.69, 9.17) is 11.6 Å². The van der Waals surface area contributed by atoms with E-state index in [0.717, 1.165) is 24.3 Å². The van der Waals surface area contributed by atoms with E-state index >= 15 is 0 Å². The highest BCUT2D eigenvalue weighted by atomic mass is 127. The van der Waals surface area contributed by atoms with E-state index in [1.54, 1.807) is 0 Å². The van der Waals surface area contributed by atoms with E-state index in [-0.39, 0.29) is 9.89 Å². The van der Waals surface area contributed by atoms with E-state index in [1.807, 2.05) is 24.3 Å². The number of ether oxygens (including phenoxy) is 1. The van der Waals surface area contributed by atoms with Crippen LogP contribution in [0.1, 0.15) is 18.4 Å². The van der Waals surface area contributed by atoms with Gasteiger partial charge in [-0.05, 0) is 37.0 Å². The van der Waals surface area contributed by atoms with E-state index in [0.29, 0.717) is 0 Å². The zero-order chi connectivity index (χ0) is 12.0. The van der Waals surface area contributed by atoms with Crippen LogP contribution in [0, 0.1) is 0 Å². The smallest absolute Gasteiger partial charge is 0.318 e. The minimum atomic E-state index is -0.142. The Bertz CT molecular complexity index is 337. The highest BCUT2D eigenvalue weighted by molar-refractivity contribution is 14.1. The summed E-state index contributed by atoms with van der Waals surface area (Å²) in [4.78, 5) is 11.2. The Morgan fingerprint density at radius 2 is 2.06 bits per heavy atom. The number of carbonyl (C=O) groups excluding carboxylic acids is 1. The molecule has 0 amide bonds. The van der Waals surface area contributed by atoms with Gasteiger partial charge in [0, 0.05) is 5.02 Å². The fraction of sp³-hybridized carbons (Fsp3) is 0.417. The fourth-order valence-corrected chi connectivity index (χ4v) is 2.20. The number of carbonyl (C=O) groups is 1. The summed E-state index contributed by atoms with van der Waals surface area (Å²) in [6.07, 6.45) is 2.79. The molecule has 0 N–H and O–H groups in total. The largest absolute Gasteiger partial charge is 0.468 e. The predicted molar refractivity (Wildman–Crippen MR) is 74.2 cm³/mol. The molecule has 0 aromatic heterocycles. The van der Waals surface area contributed by atoms with Gasteiger partial charge in [-0.3, -0.25) is 4.79 Å². The number of aryl methyl sites for hydroxylation is 1. The molecule has 0 radical (unpaired) electrons. The summed E-state index contributed by atoms with van der Waals surface area (Å²) in [5, 5.41) is 0.755. The van der Waals surface area contributed by atoms with Gasteiger partial charge in [0.25, 0.3) is 0 Å². The first kappa shape index (κ1) is 13.8. The van der Waals surface area contributed by atoms with Gasteiger partial charge in [-0.15, -0.1) is 0 Å². The summed E-state index contributed by atoms with van der Waals surface area (Å²) >= 11 is 7.91. The molecule has 4 heteroatoms. The Kier molecular flexibility index (Phi) is 6.13. The first-order chi connectivity index (χ1) is 7.63. The molecule has 0 fully saturated rings. The van der Waals surface area contributed by atoms with Gasteiger partial charge in [-0.2, -0.15) is 0 Å². The molecule has 88 valence electrons. The van der Waals surface area contributed by atoms with Crippen molar-refractivity contribution in [3.63, 3.8) is 0 Å². The minimum absolute atomic E-state index is 0.0464. The Hall–Kier alpha value is -0.290. The lowest BCUT2D eigenvalue weighted by molar-refractivity contribution is -0.139. The van der Waals surface area contributed by atoms with Gasteiger partial charge < -0.3 is 4.74 Å². The van der Waals surface area contributed by atoms with Crippen molar-refractivity contribution in [2.45, 2.75) is 23.2 Å². The molecular formula is C12H14ClIO2. The van der Waals surface area contributed by atoms with Gasteiger partial charge in [0.05, 0.1) is 7.11 Å². The normalized spacial score (nSPS) is 12.2. The van der Waals surface area contributed by atoms with Crippen LogP contribution in [0.2, 0.25) is 5.02 Å². The molecule has 2 nitrogen and oxygen atoms in total. The molecule has 0 saturated heterocycles. The zero-order valence-electron chi connectivity index (χ0n) is 9.08. The standard InChI is InChI=1S/C12H14ClIO2/c1-16-12(15)11(14)4-2-3-9-5-7-10(13)8-6-9/h5-8,11H,2-4H2,1H3. The molecule has 0 bridgehead atoms. The molecule has 1 atom stereocenters. The van der Waals surface area contributed by atoms with Crippen LogP contribution in [0.15, 0.2) is 24.3 Å². The van der Waals surface area contributed by atoms with Crippen molar-refractivity contribution in [2.24, 2.45) is 0 Å². The molecule has 0 spiro atoms. The summed E-state index contributed by atoms with van der Waals surface area (Å²) in [6.45, 7) is 0. The molecule has 1 rings (SSSR count). The SMILES string of the molecule is COC(=O)C(I)CCCc1ccc(Cl)cc1. The number of rotatable bonds is 5. The van der Waals surface area contributed by atoms with Crippen LogP contribution < -0.4 is 0 Å². The Morgan fingerprint density at radius 3 is 2.62 bits per heavy atom. The average molecular weight is 353 g/mol. The van der Waals surface area contributed by atoms with Gasteiger partial charge in [-0.25, -0.2) is 0 Å². The van der Waals surface area contributed by atoms with Crippen molar-refractivity contribution < 1.29 is 9.53 Å². The summed E-state index contributed by atoms with van der Waals surface area (Å²) in [7, 11) is 1.42. The summed E-state index contributed by atoms with van der Waals surface area (Å²) in [5.74, 6) is -0.142. The number of esters is 1. The van der Waals surface area contributed by atoms with Gasteiger partial charge >= 0.3 is 5.97 Å². The zero-order valence-corrected chi connectivity index (χ0v) is 12.0. The number of halogens is 2. The van der Waals surface area contributed by atoms with Gasteiger partial charge in [0.2, 0.25) is 0 Å². The Morgan fingerprint density at radius 1 is 1.44 bits per heavy atom. The van der Waals surface area contributed by atoms with Crippen molar-refractivity contribution in [3.8, 4) is 0 Å². The molecule has 0 saturated carbocycles. The van der Waals surface area contributed by atoms with Gasteiger partial charge in [0.15, 0.2) is 0 Å². The molecule has 1 unspecified atom stereocenters. The van der Waals surface area contributed by atoms with Crippen molar-refractivity contribution in [2.75, 3.05) is 7.11 Å². The van der Waals surface area contributed by atoms with Crippen molar-refractivity contribution in [1.82, 2.24) is 0 Å². The molecule has 16 heavy (non-hydrogen) atoms. The summed E-state index contributed by atoms with van der Waals surface area (Å²) < 4.78 is 4.62. The number of hydrogen-bond donors (Lipinski definition) is 0. The number of alkyl halides is 1. The first-order valence-corrected chi connectivity index (χ1v) is 6.72. The molecule has 0 aliphatic carbocycles. The Labute approximate surface area is 114 Å². The van der Waals surface area contributed by atoms with Crippen LogP contribution in [-0.4, -0.2) is 17.0 Å².